The highest BCUT2D eigenvalue weighted by Gasteiger charge is 2.21. The molecule has 1 saturated heterocycles. The third-order valence-corrected chi connectivity index (χ3v) is 3.59. The van der Waals surface area contributed by atoms with Crippen LogP contribution in [-0.2, 0) is 0 Å². The van der Waals surface area contributed by atoms with Gasteiger partial charge in [-0.15, -0.1) is 0 Å². The zero-order valence-electron chi connectivity index (χ0n) is 10.6. The molecular weight excluding hydrogens is 226 g/mol. The van der Waals surface area contributed by atoms with E-state index in [2.05, 4.69) is 4.90 Å². The second-order valence-corrected chi connectivity index (χ2v) is 4.90. The van der Waals surface area contributed by atoms with Crippen molar-refractivity contribution in [3.63, 3.8) is 0 Å². The summed E-state index contributed by atoms with van der Waals surface area (Å²) < 4.78 is 0. The minimum absolute atomic E-state index is 0.120. The number of nitrogen functional groups attached to an aromatic ring is 1. The number of para-hydroxylation sites is 1. The number of nitrogens with zero attached hydrogens (tertiary/aromatic N) is 1. The van der Waals surface area contributed by atoms with Gasteiger partial charge < -0.3 is 15.7 Å². The number of nitrogens with one attached hydrogen (secondary N) is 1. The summed E-state index contributed by atoms with van der Waals surface area (Å²) >= 11 is 0. The van der Waals surface area contributed by atoms with Crippen molar-refractivity contribution in [2.75, 3.05) is 24.6 Å². The minimum Gasteiger partial charge on any atom is -0.396 e. The Morgan fingerprint density at radius 3 is 2.94 bits per heavy atom. The van der Waals surface area contributed by atoms with Crippen LogP contribution in [0, 0.1) is 11.3 Å². The van der Waals surface area contributed by atoms with E-state index in [1.165, 1.54) is 6.42 Å². The van der Waals surface area contributed by atoms with Crippen LogP contribution in [0.2, 0.25) is 0 Å². The number of amidine groups is 1. The van der Waals surface area contributed by atoms with Crippen LogP contribution >= 0.6 is 0 Å². The Balaban J connectivity index is 2.18. The summed E-state index contributed by atoms with van der Waals surface area (Å²) in [7, 11) is 0. The van der Waals surface area contributed by atoms with Crippen LogP contribution in [0.5, 0.6) is 0 Å². The second kappa shape index (κ2) is 5.87. The van der Waals surface area contributed by atoms with Crippen LogP contribution in [-0.4, -0.2) is 30.6 Å². The van der Waals surface area contributed by atoms with Gasteiger partial charge in [0, 0.05) is 30.9 Å². The predicted octanol–water partition coefficient (Wildman–Crippen LogP) is 1.57. The van der Waals surface area contributed by atoms with Crippen molar-refractivity contribution in [2.24, 2.45) is 11.7 Å². The van der Waals surface area contributed by atoms with Gasteiger partial charge >= 0.3 is 0 Å². The van der Waals surface area contributed by atoms with E-state index in [4.69, 9.17) is 16.2 Å². The van der Waals surface area contributed by atoms with Gasteiger partial charge in [-0.05, 0) is 37.3 Å². The molecule has 1 atom stereocenters. The molecule has 1 aliphatic heterocycles. The molecule has 1 aliphatic rings. The quantitative estimate of drug-likeness (QED) is 0.558. The van der Waals surface area contributed by atoms with Gasteiger partial charge in [-0.1, -0.05) is 12.1 Å². The van der Waals surface area contributed by atoms with Gasteiger partial charge in [-0.2, -0.15) is 0 Å². The van der Waals surface area contributed by atoms with Crippen molar-refractivity contribution in [1.29, 1.82) is 5.41 Å². The topological polar surface area (TPSA) is 73.3 Å². The number of piperidine rings is 1. The fraction of sp³-hybridized carbons (Fsp3) is 0.500. The SMILES string of the molecule is N=C(N)c1ccccc1N1CCCC(CCO)C1. The third kappa shape index (κ3) is 2.82. The van der Waals surface area contributed by atoms with Gasteiger partial charge in [0.15, 0.2) is 0 Å². The summed E-state index contributed by atoms with van der Waals surface area (Å²) in [5, 5.41) is 16.7. The van der Waals surface area contributed by atoms with Crippen LogP contribution in [0.15, 0.2) is 24.3 Å². The van der Waals surface area contributed by atoms with Gasteiger partial charge in [0.05, 0.1) is 0 Å². The van der Waals surface area contributed by atoms with E-state index in [9.17, 15) is 0 Å². The van der Waals surface area contributed by atoms with Crippen molar-refractivity contribution in [3.8, 4) is 0 Å². The number of hydrogen-bond acceptors (Lipinski definition) is 3. The van der Waals surface area contributed by atoms with Gasteiger partial charge in [-0.3, -0.25) is 5.41 Å². The summed E-state index contributed by atoms with van der Waals surface area (Å²) in [5.41, 5.74) is 7.49. The molecule has 1 heterocycles. The molecule has 0 bridgehead atoms. The van der Waals surface area contributed by atoms with Crippen molar-refractivity contribution in [3.05, 3.63) is 29.8 Å². The fourth-order valence-corrected chi connectivity index (χ4v) is 2.68. The maximum Gasteiger partial charge on any atom is 0.124 e. The molecule has 1 unspecified atom stereocenters. The van der Waals surface area contributed by atoms with E-state index in [1.807, 2.05) is 24.3 Å². The molecule has 0 amide bonds. The van der Waals surface area contributed by atoms with Crippen molar-refractivity contribution in [1.82, 2.24) is 0 Å². The number of nitrogens with two attached hydrogens (primary N) is 1. The normalized spacial score (nSPS) is 19.8. The molecule has 1 fully saturated rings. The number of anilines is 1. The highest BCUT2D eigenvalue weighted by Crippen LogP contribution is 2.27. The number of rotatable bonds is 4. The van der Waals surface area contributed by atoms with Crippen molar-refractivity contribution >= 4 is 11.5 Å². The van der Waals surface area contributed by atoms with E-state index >= 15 is 0 Å². The molecule has 98 valence electrons. The Kier molecular flexibility index (Phi) is 4.20. The third-order valence-electron chi connectivity index (χ3n) is 3.59. The van der Waals surface area contributed by atoms with E-state index in [0.717, 1.165) is 37.2 Å². The second-order valence-electron chi connectivity index (χ2n) is 4.90. The molecule has 0 saturated carbocycles. The molecule has 0 radical (unpaired) electrons. The van der Waals surface area contributed by atoms with Crippen LogP contribution in [0.3, 0.4) is 0 Å². The predicted molar refractivity (Wildman–Crippen MR) is 74.1 cm³/mol. The van der Waals surface area contributed by atoms with Crippen LogP contribution < -0.4 is 10.6 Å². The molecule has 18 heavy (non-hydrogen) atoms. The zero-order chi connectivity index (χ0) is 13.0. The Labute approximate surface area is 108 Å². The first-order valence-electron chi connectivity index (χ1n) is 6.51. The Morgan fingerprint density at radius 1 is 1.44 bits per heavy atom. The lowest BCUT2D eigenvalue weighted by Gasteiger charge is -2.35. The minimum atomic E-state index is 0.120. The molecule has 1 aromatic rings. The van der Waals surface area contributed by atoms with Crippen molar-refractivity contribution < 1.29 is 5.11 Å². The monoisotopic (exact) mass is 247 g/mol. The first-order chi connectivity index (χ1) is 8.72. The van der Waals surface area contributed by atoms with Crippen LogP contribution in [0.1, 0.15) is 24.8 Å². The molecular formula is C14H21N3O. The number of aliphatic hydroxyl groups is 1. The lowest BCUT2D eigenvalue weighted by Crippen LogP contribution is -2.37. The standard InChI is InChI=1S/C14H21N3O/c15-14(16)12-5-1-2-6-13(12)17-8-3-4-11(10-17)7-9-18/h1-2,5-6,11,18H,3-4,7-10H2,(H3,15,16). The van der Waals surface area contributed by atoms with E-state index in [0.29, 0.717) is 5.92 Å². The molecule has 4 N–H and O–H groups in total. The highest BCUT2D eigenvalue weighted by molar-refractivity contribution is 6.00. The molecule has 4 heteroatoms. The maximum atomic E-state index is 9.05. The average Bonchev–Trinajstić information content (AvgIpc) is 2.39. The average molecular weight is 247 g/mol. The molecule has 0 spiro atoms. The van der Waals surface area contributed by atoms with Gasteiger partial charge in [-0.25, -0.2) is 0 Å². The molecule has 0 aromatic heterocycles. The van der Waals surface area contributed by atoms with Gasteiger partial charge in [0.1, 0.15) is 5.84 Å². The molecule has 1 aromatic carbocycles. The zero-order valence-corrected chi connectivity index (χ0v) is 10.6. The summed E-state index contributed by atoms with van der Waals surface area (Å²) in [5.74, 6) is 0.665. The van der Waals surface area contributed by atoms with Gasteiger partial charge in [0.25, 0.3) is 0 Å². The fourth-order valence-electron chi connectivity index (χ4n) is 2.68. The van der Waals surface area contributed by atoms with E-state index in [-0.39, 0.29) is 12.4 Å². The smallest absolute Gasteiger partial charge is 0.124 e. The maximum absolute atomic E-state index is 9.05. The van der Waals surface area contributed by atoms with Gasteiger partial charge in [0.2, 0.25) is 0 Å². The Hall–Kier alpha value is -1.55. The summed E-state index contributed by atoms with van der Waals surface area (Å²) in [6.07, 6.45) is 3.18. The number of aliphatic hydroxyl groups excluding tert-OH is 1. The molecule has 0 aliphatic carbocycles. The van der Waals surface area contributed by atoms with Crippen LogP contribution in [0.25, 0.3) is 0 Å². The first-order valence-corrected chi connectivity index (χ1v) is 6.51. The first kappa shape index (κ1) is 12.9. The molecule has 2 rings (SSSR count). The van der Waals surface area contributed by atoms with Crippen LogP contribution in [0.4, 0.5) is 5.69 Å². The lowest BCUT2D eigenvalue weighted by atomic mass is 9.94. The number of hydrogen-bond donors (Lipinski definition) is 3. The van der Waals surface area contributed by atoms with E-state index in [1.54, 1.807) is 0 Å². The Morgan fingerprint density at radius 2 is 2.22 bits per heavy atom. The largest absolute Gasteiger partial charge is 0.396 e. The lowest BCUT2D eigenvalue weighted by molar-refractivity contribution is 0.244. The molecule has 4 nitrogen and oxygen atoms in total. The van der Waals surface area contributed by atoms with Crippen molar-refractivity contribution in [2.45, 2.75) is 19.3 Å². The Bertz CT molecular complexity index is 417. The highest BCUT2D eigenvalue weighted by atomic mass is 16.3. The van der Waals surface area contributed by atoms with E-state index < -0.39 is 0 Å². The summed E-state index contributed by atoms with van der Waals surface area (Å²) in [6.45, 7) is 2.21. The summed E-state index contributed by atoms with van der Waals surface area (Å²) in [6, 6.07) is 7.82. The number of benzene rings is 1. The summed E-state index contributed by atoms with van der Waals surface area (Å²) in [4.78, 5) is 2.29.